The number of esters is 1. The van der Waals surface area contributed by atoms with Gasteiger partial charge >= 0.3 is 5.97 Å². The molecule has 3 heterocycles. The number of benzene rings is 3. The van der Waals surface area contributed by atoms with E-state index < -0.39 is 16.0 Å². The van der Waals surface area contributed by atoms with Gasteiger partial charge in [-0.25, -0.2) is 13.2 Å². The molecule has 0 saturated carbocycles. The van der Waals surface area contributed by atoms with Crippen molar-refractivity contribution in [3.8, 4) is 0 Å². The van der Waals surface area contributed by atoms with Crippen molar-refractivity contribution in [2.75, 3.05) is 25.5 Å². The quantitative estimate of drug-likeness (QED) is 0.133. The lowest BCUT2D eigenvalue weighted by Gasteiger charge is -2.32. The molecule has 0 amide bonds. The first-order chi connectivity index (χ1) is 21.6. The highest BCUT2D eigenvalue weighted by atomic mass is 35.5. The van der Waals surface area contributed by atoms with Crippen LogP contribution in [0.4, 0.5) is 5.69 Å². The highest BCUT2D eigenvalue weighted by molar-refractivity contribution is 7.91. The van der Waals surface area contributed by atoms with E-state index in [-0.39, 0.29) is 26.6 Å². The van der Waals surface area contributed by atoms with Crippen LogP contribution in [-0.2, 0) is 14.8 Å². The molecule has 2 N–H and O–H groups in total. The Morgan fingerprint density at radius 2 is 1.51 bits per heavy atom. The summed E-state index contributed by atoms with van der Waals surface area (Å²) in [5, 5.41) is 5.68. The van der Waals surface area contributed by atoms with Crippen molar-refractivity contribution in [3.05, 3.63) is 127 Å². The number of hydrogen-bond donors (Lipinski definition) is 2. The SMILES string of the molecule is COC(=O)c1ccc(S(=O)(=O)N2CCC(Nc3cc(=O)[nH]c4ccc(C(c5ccc(Cl)cc5)c5ccc(Cl)cc5)cc34)CC2)s1. The Bertz CT molecular complexity index is 1970. The number of sulfonamides is 1. The number of aromatic nitrogens is 1. The molecule has 3 aromatic carbocycles. The first kappa shape index (κ1) is 31.3. The molecule has 12 heteroatoms. The molecule has 45 heavy (non-hydrogen) atoms. The third-order valence-corrected chi connectivity index (χ3v) is 11.9. The number of H-pyrrole nitrogens is 1. The third-order valence-electron chi connectivity index (χ3n) is 7.98. The van der Waals surface area contributed by atoms with Crippen molar-refractivity contribution in [3.63, 3.8) is 0 Å². The zero-order valence-electron chi connectivity index (χ0n) is 24.1. The summed E-state index contributed by atoms with van der Waals surface area (Å²) < 4.78 is 32.8. The largest absolute Gasteiger partial charge is 0.465 e. The Hall–Kier alpha value is -3.67. The molecule has 2 aromatic heterocycles. The Kier molecular flexibility index (Phi) is 9.03. The highest BCUT2D eigenvalue weighted by Crippen LogP contribution is 2.36. The summed E-state index contributed by atoms with van der Waals surface area (Å²) in [6.45, 7) is 0.597. The number of ether oxygens (including phenoxy) is 1. The van der Waals surface area contributed by atoms with E-state index in [4.69, 9.17) is 27.9 Å². The van der Waals surface area contributed by atoms with Gasteiger partial charge in [-0.1, -0.05) is 53.5 Å². The summed E-state index contributed by atoms with van der Waals surface area (Å²) in [4.78, 5) is 27.6. The molecule has 0 radical (unpaired) electrons. The second-order valence-electron chi connectivity index (χ2n) is 10.8. The van der Waals surface area contributed by atoms with Crippen molar-refractivity contribution < 1.29 is 17.9 Å². The first-order valence-electron chi connectivity index (χ1n) is 14.2. The number of nitrogens with zero attached hydrogens (tertiary/aromatic N) is 1. The highest BCUT2D eigenvalue weighted by Gasteiger charge is 2.31. The Morgan fingerprint density at radius 1 is 0.911 bits per heavy atom. The molecule has 1 fully saturated rings. The van der Waals surface area contributed by atoms with Gasteiger partial charge in [0.15, 0.2) is 0 Å². The van der Waals surface area contributed by atoms with Crippen LogP contribution in [0.5, 0.6) is 0 Å². The number of hydrogen-bond acceptors (Lipinski definition) is 7. The number of carbonyl (C=O) groups is 1. The van der Waals surface area contributed by atoms with Gasteiger partial charge in [0.05, 0.1) is 12.6 Å². The predicted molar refractivity (Wildman–Crippen MR) is 179 cm³/mol. The monoisotopic (exact) mass is 681 g/mol. The number of rotatable bonds is 8. The molecule has 1 aliphatic rings. The molecular weight excluding hydrogens is 653 g/mol. The van der Waals surface area contributed by atoms with Crippen LogP contribution >= 0.6 is 34.5 Å². The molecule has 0 aliphatic carbocycles. The Labute approximate surface area is 274 Å². The second kappa shape index (κ2) is 13.0. The normalized spacial score (nSPS) is 14.6. The van der Waals surface area contributed by atoms with Crippen LogP contribution < -0.4 is 10.9 Å². The van der Waals surface area contributed by atoms with Gasteiger partial charge < -0.3 is 15.0 Å². The molecule has 0 atom stereocenters. The van der Waals surface area contributed by atoms with Crippen molar-refractivity contribution in [2.24, 2.45) is 0 Å². The van der Waals surface area contributed by atoms with Crippen LogP contribution in [0.15, 0.2) is 93.9 Å². The summed E-state index contributed by atoms with van der Waals surface area (Å²) in [7, 11) is -2.49. The fourth-order valence-electron chi connectivity index (χ4n) is 5.71. The van der Waals surface area contributed by atoms with Crippen molar-refractivity contribution in [1.82, 2.24) is 9.29 Å². The molecule has 5 aromatic rings. The van der Waals surface area contributed by atoms with E-state index in [9.17, 15) is 18.0 Å². The van der Waals surface area contributed by atoms with Crippen LogP contribution in [0.1, 0.15) is 45.1 Å². The van der Waals surface area contributed by atoms with Crippen LogP contribution in [0.2, 0.25) is 10.0 Å². The summed E-state index contributed by atoms with van der Waals surface area (Å²) >= 11 is 13.3. The predicted octanol–water partition coefficient (Wildman–Crippen LogP) is 7.13. The van der Waals surface area contributed by atoms with E-state index >= 15 is 0 Å². The number of anilines is 1. The van der Waals surface area contributed by atoms with Crippen molar-refractivity contribution in [2.45, 2.75) is 29.0 Å². The number of halogens is 2. The fourth-order valence-corrected chi connectivity index (χ4v) is 8.82. The van der Waals surface area contributed by atoms with Crippen LogP contribution in [0.3, 0.4) is 0 Å². The van der Waals surface area contributed by atoms with Gasteiger partial charge in [0, 0.05) is 52.2 Å². The number of methoxy groups -OCH3 is 1. The number of thiophene rings is 1. The number of pyridine rings is 1. The Balaban J connectivity index is 1.27. The zero-order chi connectivity index (χ0) is 31.7. The van der Waals surface area contributed by atoms with E-state index in [1.807, 2.05) is 60.7 Å². The fraction of sp³-hybridized carbons (Fsp3) is 0.212. The molecule has 8 nitrogen and oxygen atoms in total. The smallest absolute Gasteiger partial charge is 0.348 e. The van der Waals surface area contributed by atoms with E-state index in [0.29, 0.717) is 47.2 Å². The van der Waals surface area contributed by atoms with Gasteiger partial charge in [0.1, 0.15) is 9.09 Å². The minimum absolute atomic E-state index is 0.0533. The van der Waals surface area contributed by atoms with E-state index in [1.54, 1.807) is 6.07 Å². The van der Waals surface area contributed by atoms with Gasteiger partial charge in [0.2, 0.25) is 5.56 Å². The number of piperidine rings is 1. The van der Waals surface area contributed by atoms with E-state index in [2.05, 4.69) is 16.4 Å². The lowest BCUT2D eigenvalue weighted by molar-refractivity contribution is 0.0606. The number of fused-ring (bicyclic) bond motifs is 1. The lowest BCUT2D eigenvalue weighted by atomic mass is 9.84. The number of nitrogens with one attached hydrogen (secondary N) is 2. The molecule has 0 bridgehead atoms. The standard InChI is InChI=1S/C33H29Cl2N3O5S2/c1-43-33(40)29-12-13-31(44-29)45(41,42)38-16-14-25(15-17-38)36-28-19-30(39)37-27-11-6-22(18-26(27)28)32(20-2-7-23(34)8-3-20)21-4-9-24(35)10-5-21/h2-13,18-19,25,32H,14-17H2,1H3,(H2,36,37,39). The molecule has 6 rings (SSSR count). The maximum atomic E-state index is 13.3. The maximum Gasteiger partial charge on any atom is 0.348 e. The third kappa shape index (κ3) is 6.66. The van der Waals surface area contributed by atoms with Gasteiger partial charge in [-0.3, -0.25) is 4.79 Å². The second-order valence-corrected chi connectivity index (χ2v) is 14.9. The topological polar surface area (TPSA) is 109 Å². The molecule has 0 unspecified atom stereocenters. The average Bonchev–Trinajstić information content (AvgIpc) is 3.55. The van der Waals surface area contributed by atoms with Crippen LogP contribution in [0, 0.1) is 0 Å². The molecule has 0 spiro atoms. The van der Waals surface area contributed by atoms with Gasteiger partial charge in [-0.2, -0.15) is 4.31 Å². The van der Waals surface area contributed by atoms with E-state index in [1.165, 1.54) is 23.5 Å². The summed E-state index contributed by atoms with van der Waals surface area (Å²) in [6.07, 6.45) is 1.08. The molecule has 232 valence electrons. The summed E-state index contributed by atoms with van der Waals surface area (Å²) in [6, 6.07) is 25.9. The van der Waals surface area contributed by atoms with Crippen molar-refractivity contribution in [1.29, 1.82) is 0 Å². The zero-order valence-corrected chi connectivity index (χ0v) is 27.3. The van der Waals surface area contributed by atoms with Crippen molar-refractivity contribution >= 4 is 67.1 Å². The van der Waals surface area contributed by atoms with E-state index in [0.717, 1.165) is 33.4 Å². The summed E-state index contributed by atoms with van der Waals surface area (Å²) in [5.74, 6) is -0.681. The van der Waals surface area contributed by atoms with Gasteiger partial charge in [-0.05, 0) is 78.1 Å². The molecule has 1 aliphatic heterocycles. The van der Waals surface area contributed by atoms with Gasteiger partial charge in [0.25, 0.3) is 10.0 Å². The number of carbonyl (C=O) groups excluding carboxylic acids is 1. The van der Waals surface area contributed by atoms with Crippen LogP contribution in [0.25, 0.3) is 10.9 Å². The summed E-state index contributed by atoms with van der Waals surface area (Å²) in [5.41, 5.74) is 4.27. The Morgan fingerprint density at radius 3 is 2.11 bits per heavy atom. The van der Waals surface area contributed by atoms with Crippen LogP contribution in [-0.4, -0.2) is 49.9 Å². The maximum absolute atomic E-state index is 13.3. The number of aromatic amines is 1. The minimum Gasteiger partial charge on any atom is -0.465 e. The minimum atomic E-state index is -3.75. The lowest BCUT2D eigenvalue weighted by Crippen LogP contribution is -2.42. The average molecular weight is 683 g/mol. The molecule has 1 saturated heterocycles. The molecular formula is C33H29Cl2N3O5S2. The first-order valence-corrected chi connectivity index (χ1v) is 17.3. The van der Waals surface area contributed by atoms with Gasteiger partial charge in [-0.15, -0.1) is 11.3 Å².